The molecule has 0 radical (unpaired) electrons. The van der Waals surface area contributed by atoms with E-state index in [2.05, 4.69) is 15.6 Å². The van der Waals surface area contributed by atoms with Gasteiger partial charge in [-0.15, -0.1) is 0 Å². The zero-order chi connectivity index (χ0) is 39.8. The number of alkyl halides is 3. The summed E-state index contributed by atoms with van der Waals surface area (Å²) in [6.07, 6.45) is -3.16. The van der Waals surface area contributed by atoms with E-state index in [0.717, 1.165) is 10.8 Å². The molecule has 0 aliphatic carbocycles. The molecule has 1 fully saturated rings. The normalized spacial score (nSPS) is 14.8. The number of hydrogen-bond donors (Lipinski definition) is 4. The van der Waals surface area contributed by atoms with Crippen molar-refractivity contribution in [1.82, 2.24) is 9.88 Å². The first-order valence-corrected chi connectivity index (χ1v) is 18.4. The minimum atomic E-state index is -5.08. The summed E-state index contributed by atoms with van der Waals surface area (Å²) < 4.78 is 84.5. The van der Waals surface area contributed by atoms with Crippen molar-refractivity contribution in [2.24, 2.45) is 0 Å². The maximum Gasteiger partial charge on any atom is 0.490 e. The highest BCUT2D eigenvalue weighted by Gasteiger charge is 2.39. The van der Waals surface area contributed by atoms with Gasteiger partial charge in [-0.1, -0.05) is 6.92 Å². The van der Waals surface area contributed by atoms with Crippen LogP contribution in [0.3, 0.4) is 0 Å². The highest BCUT2D eigenvalue weighted by Crippen LogP contribution is 2.40. The first-order chi connectivity index (χ1) is 25.5. The van der Waals surface area contributed by atoms with Gasteiger partial charge in [0.05, 0.1) is 29.9 Å². The number of aromatic nitrogens is 1. The lowest BCUT2D eigenvalue weighted by atomic mass is 10.00. The number of anilines is 3. The zero-order valence-corrected chi connectivity index (χ0v) is 30.3. The van der Waals surface area contributed by atoms with Gasteiger partial charge >= 0.3 is 18.2 Å². The van der Waals surface area contributed by atoms with Crippen molar-refractivity contribution in [2.45, 2.75) is 56.8 Å². The van der Waals surface area contributed by atoms with Gasteiger partial charge in [0.1, 0.15) is 23.4 Å². The number of nitrogens with zero attached hydrogens (tertiary/aromatic N) is 2. The molecule has 54 heavy (non-hydrogen) atoms. The van der Waals surface area contributed by atoms with Crippen LogP contribution in [0.2, 0.25) is 0 Å². The van der Waals surface area contributed by atoms with Crippen LogP contribution in [0.1, 0.15) is 56.8 Å². The molecule has 0 spiro atoms. The second-order valence-corrected chi connectivity index (χ2v) is 14.1. The number of pyridine rings is 1. The average Bonchev–Trinajstić information content (AvgIpc) is 3.61. The van der Waals surface area contributed by atoms with Gasteiger partial charge in [-0.25, -0.2) is 27.4 Å². The fourth-order valence-electron chi connectivity index (χ4n) is 5.86. The fraction of sp³-hybridized carbons (Fsp3) is 0.333. The first-order valence-electron chi connectivity index (χ1n) is 16.7. The van der Waals surface area contributed by atoms with E-state index in [-0.39, 0.29) is 22.8 Å². The van der Waals surface area contributed by atoms with E-state index in [1.54, 1.807) is 62.2 Å². The third kappa shape index (κ3) is 9.85. The summed E-state index contributed by atoms with van der Waals surface area (Å²) in [6, 6.07) is 14.0. The molecule has 4 aromatic rings. The van der Waals surface area contributed by atoms with Crippen molar-refractivity contribution in [3.63, 3.8) is 0 Å². The molecule has 0 unspecified atom stereocenters. The Kier molecular flexibility index (Phi) is 13.3. The van der Waals surface area contributed by atoms with Gasteiger partial charge in [0, 0.05) is 35.1 Å². The average molecular weight is 778 g/mol. The Balaban J connectivity index is 0.000000845. The molecule has 0 saturated carbocycles. The predicted molar refractivity (Wildman–Crippen MR) is 192 cm³/mol. The number of halogens is 4. The van der Waals surface area contributed by atoms with Crippen LogP contribution in [0.25, 0.3) is 10.8 Å². The van der Waals surface area contributed by atoms with Crippen LogP contribution in [0.15, 0.2) is 71.8 Å². The number of nitrogens with two attached hydrogens (primary N) is 1. The van der Waals surface area contributed by atoms with E-state index in [1.165, 1.54) is 30.3 Å². The monoisotopic (exact) mass is 777 g/mol. The highest BCUT2D eigenvalue weighted by molar-refractivity contribution is 7.91. The molecule has 1 aliphatic heterocycles. The van der Waals surface area contributed by atoms with E-state index in [1.807, 2.05) is 0 Å². The quantitative estimate of drug-likeness (QED) is 0.116. The second kappa shape index (κ2) is 17.5. The number of rotatable bonds is 11. The maximum atomic E-state index is 15.6. The number of carboxylic acid groups (broad SMARTS) is 1. The van der Waals surface area contributed by atoms with Gasteiger partial charge in [0.2, 0.25) is 5.91 Å². The first kappa shape index (κ1) is 41.1. The lowest BCUT2D eigenvalue weighted by molar-refractivity contribution is -0.192. The van der Waals surface area contributed by atoms with Crippen LogP contribution >= 0.6 is 0 Å². The van der Waals surface area contributed by atoms with Crippen LogP contribution in [-0.2, 0) is 24.2 Å². The number of carbonyl (C=O) groups excluding carboxylic acids is 2. The Morgan fingerprint density at radius 3 is 2.37 bits per heavy atom. The number of carbonyl (C=O) groups is 3. The number of ether oxygens (including phenoxy) is 2. The molecule has 5 rings (SSSR count). The number of benzene rings is 3. The molecule has 2 atom stereocenters. The fourth-order valence-corrected chi connectivity index (χ4v) is 7.00. The van der Waals surface area contributed by atoms with Crippen LogP contribution in [0.5, 0.6) is 5.75 Å². The Labute approximate surface area is 308 Å². The predicted octanol–water partition coefficient (Wildman–Crippen LogP) is 6.87. The summed E-state index contributed by atoms with van der Waals surface area (Å²) in [5.41, 5.74) is 7.33. The maximum absolute atomic E-state index is 15.6. The summed E-state index contributed by atoms with van der Waals surface area (Å²) >= 11 is 0. The van der Waals surface area contributed by atoms with Crippen LogP contribution in [0, 0.1) is 5.82 Å². The molecular weight excluding hydrogens is 738 g/mol. The number of fused-ring (bicyclic) bond motifs is 1. The van der Waals surface area contributed by atoms with E-state index in [9.17, 15) is 31.2 Å². The summed E-state index contributed by atoms with van der Waals surface area (Å²) in [7, 11) is -3.72. The number of nitrogens with one attached hydrogen (secondary N) is 2. The van der Waals surface area contributed by atoms with Crippen molar-refractivity contribution in [3.8, 4) is 5.75 Å². The minimum absolute atomic E-state index is 0.0638. The molecule has 2 amide bonds. The standard InChI is InChI=1S/C34H38FN5O6S.C2HF3O2/c1-4-45-24-11-13-28(35)26(20-24)31(38-22-9-12-25-21(18-22)15-16-37-32(25)36)33(41)40-17-7-8-29(40)27-19-23(39-34(42)46-5-2)10-14-30(27)47(43,44)6-3;3-2(4,5)1(6)7/h9-16,18-20,29,31,38H,4-8,17H2,1-3H3,(H2,36,37)(H,39,42);(H,6,7)/t29-,31-;/m1./s1. The van der Waals surface area contributed by atoms with Crippen LogP contribution in [-0.4, -0.2) is 73.1 Å². The number of likely N-dealkylation sites (tertiary alicyclic amines) is 1. The molecule has 2 heterocycles. The number of hydrogen-bond acceptors (Lipinski definition) is 10. The molecule has 1 saturated heterocycles. The molecule has 13 nitrogen and oxygen atoms in total. The van der Waals surface area contributed by atoms with Crippen molar-refractivity contribution in [2.75, 3.05) is 41.9 Å². The van der Waals surface area contributed by atoms with E-state index in [4.69, 9.17) is 25.1 Å². The van der Waals surface area contributed by atoms with Crippen molar-refractivity contribution < 1.29 is 54.9 Å². The summed E-state index contributed by atoms with van der Waals surface area (Å²) in [4.78, 5) is 41.5. The van der Waals surface area contributed by atoms with Gasteiger partial charge in [-0.3, -0.25) is 10.1 Å². The van der Waals surface area contributed by atoms with E-state index >= 15 is 4.39 Å². The van der Waals surface area contributed by atoms with Gasteiger partial charge in [-0.05, 0) is 98.3 Å². The molecule has 0 bridgehead atoms. The topological polar surface area (TPSA) is 190 Å². The number of nitrogen functional groups attached to an aromatic ring is 1. The van der Waals surface area contributed by atoms with Crippen LogP contribution < -0.4 is 21.1 Å². The Morgan fingerprint density at radius 1 is 1.02 bits per heavy atom. The van der Waals surface area contributed by atoms with E-state index in [0.29, 0.717) is 54.5 Å². The third-order valence-corrected chi connectivity index (χ3v) is 10.1. The largest absolute Gasteiger partial charge is 0.494 e. The summed E-state index contributed by atoms with van der Waals surface area (Å²) in [6.45, 7) is 5.82. The van der Waals surface area contributed by atoms with Crippen molar-refractivity contribution >= 4 is 55.8 Å². The molecular formula is C36H39F4N5O8S. The molecule has 3 aromatic carbocycles. The van der Waals surface area contributed by atoms with E-state index < -0.39 is 51.9 Å². The SMILES string of the molecule is CCOC(=O)Nc1ccc(S(=O)(=O)CC)c([C@H]2CCCN2C(=O)[C@H](Nc2ccc3c(N)nccc3c2)c2cc(OCC)ccc2F)c1.O=C(O)C(F)(F)F. The minimum Gasteiger partial charge on any atom is -0.494 e. The number of carboxylic acids is 1. The Bertz CT molecular complexity index is 2120. The summed E-state index contributed by atoms with van der Waals surface area (Å²) in [5, 5.41) is 14.5. The smallest absolute Gasteiger partial charge is 0.490 e. The van der Waals surface area contributed by atoms with Crippen molar-refractivity contribution in [1.29, 1.82) is 0 Å². The molecule has 18 heteroatoms. The molecule has 5 N–H and O–H groups in total. The molecule has 1 aliphatic rings. The number of amides is 2. The lowest BCUT2D eigenvalue weighted by Crippen LogP contribution is -2.38. The van der Waals surface area contributed by atoms with Gasteiger partial charge in [-0.2, -0.15) is 13.2 Å². The molecule has 290 valence electrons. The Morgan fingerprint density at radius 2 is 1.72 bits per heavy atom. The number of aliphatic carboxylic acids is 1. The van der Waals surface area contributed by atoms with Gasteiger partial charge in [0.25, 0.3) is 0 Å². The van der Waals surface area contributed by atoms with Crippen molar-refractivity contribution in [3.05, 3.63) is 83.8 Å². The number of sulfone groups is 1. The Hall–Kier alpha value is -5.65. The lowest BCUT2D eigenvalue weighted by Gasteiger charge is -2.31. The van der Waals surface area contributed by atoms with Gasteiger partial charge < -0.3 is 30.5 Å². The second-order valence-electron chi connectivity index (χ2n) is 11.8. The van der Waals surface area contributed by atoms with Gasteiger partial charge in [0.15, 0.2) is 9.84 Å². The molecule has 1 aromatic heterocycles. The summed E-state index contributed by atoms with van der Waals surface area (Å²) in [5.74, 6) is -3.24. The van der Waals surface area contributed by atoms with Crippen LogP contribution in [0.4, 0.5) is 39.5 Å². The highest BCUT2D eigenvalue weighted by atomic mass is 32.2. The third-order valence-electron chi connectivity index (χ3n) is 8.33. The zero-order valence-electron chi connectivity index (χ0n) is 29.4.